The Hall–Kier alpha value is -0.610. The van der Waals surface area contributed by atoms with Gasteiger partial charge in [0.05, 0.1) is 5.69 Å². The van der Waals surface area contributed by atoms with Crippen LogP contribution in [-0.2, 0) is 6.54 Å². The summed E-state index contributed by atoms with van der Waals surface area (Å²) in [6.07, 6.45) is 5.06. The second-order valence-corrected chi connectivity index (χ2v) is 8.20. The number of hydrogen-bond donors (Lipinski definition) is 1. The van der Waals surface area contributed by atoms with E-state index in [1.54, 1.807) is 0 Å². The molecule has 1 aliphatic rings. The SMILES string of the molecule is CC(C)CCN(CCC(C)C)c1nc(C2CC2)c(CN)s1. The summed E-state index contributed by atoms with van der Waals surface area (Å²) in [7, 11) is 0. The van der Waals surface area contributed by atoms with Crippen molar-refractivity contribution in [3.05, 3.63) is 10.6 Å². The molecule has 4 heteroatoms. The minimum atomic E-state index is 0.645. The first kappa shape index (κ1) is 16.8. The zero-order valence-electron chi connectivity index (χ0n) is 14.1. The molecular weight excluding hydrogens is 278 g/mol. The Morgan fingerprint density at radius 1 is 1.14 bits per heavy atom. The summed E-state index contributed by atoms with van der Waals surface area (Å²) >= 11 is 1.83. The van der Waals surface area contributed by atoms with Crippen LogP contribution in [0.1, 0.15) is 69.9 Å². The third kappa shape index (κ3) is 4.96. The maximum atomic E-state index is 5.93. The van der Waals surface area contributed by atoms with E-state index in [0.717, 1.165) is 24.9 Å². The van der Waals surface area contributed by atoms with Crippen LogP contribution in [0, 0.1) is 11.8 Å². The van der Waals surface area contributed by atoms with Crippen molar-refractivity contribution in [3.63, 3.8) is 0 Å². The molecule has 0 saturated heterocycles. The van der Waals surface area contributed by atoms with E-state index in [1.165, 1.54) is 41.4 Å². The highest BCUT2D eigenvalue weighted by molar-refractivity contribution is 7.15. The standard InChI is InChI=1S/C17H31N3S/c1-12(2)7-9-20(10-8-13(3)4)17-19-16(14-5-6-14)15(11-18)21-17/h12-14H,5-11,18H2,1-4H3. The Labute approximate surface area is 133 Å². The Morgan fingerprint density at radius 2 is 1.71 bits per heavy atom. The molecule has 2 rings (SSSR count). The fourth-order valence-electron chi connectivity index (χ4n) is 2.44. The molecule has 0 atom stereocenters. The minimum absolute atomic E-state index is 0.645. The van der Waals surface area contributed by atoms with Crippen LogP contribution in [0.4, 0.5) is 5.13 Å². The van der Waals surface area contributed by atoms with Crippen LogP contribution >= 0.6 is 11.3 Å². The van der Waals surface area contributed by atoms with Crippen LogP contribution in [0.15, 0.2) is 0 Å². The molecule has 0 radical (unpaired) electrons. The van der Waals surface area contributed by atoms with Crippen molar-refractivity contribution in [1.29, 1.82) is 0 Å². The summed E-state index contributed by atoms with van der Waals surface area (Å²) in [5.41, 5.74) is 7.23. The molecule has 2 N–H and O–H groups in total. The second-order valence-electron chi connectivity index (χ2n) is 7.14. The summed E-state index contributed by atoms with van der Waals surface area (Å²) < 4.78 is 0. The van der Waals surface area contributed by atoms with Crippen LogP contribution in [0.25, 0.3) is 0 Å². The molecule has 1 aliphatic carbocycles. The molecule has 0 spiro atoms. The molecule has 0 bridgehead atoms. The lowest BCUT2D eigenvalue weighted by Crippen LogP contribution is -2.27. The number of aromatic nitrogens is 1. The predicted octanol–water partition coefficient (Wildman–Crippen LogP) is 4.38. The third-order valence-corrected chi connectivity index (χ3v) is 5.24. The molecular formula is C17H31N3S. The largest absolute Gasteiger partial charge is 0.348 e. The van der Waals surface area contributed by atoms with Gasteiger partial charge in [-0.2, -0.15) is 0 Å². The smallest absolute Gasteiger partial charge is 0.185 e. The second kappa shape index (κ2) is 7.59. The number of thiazole rings is 1. The van der Waals surface area contributed by atoms with Gasteiger partial charge in [0.25, 0.3) is 0 Å². The van der Waals surface area contributed by atoms with Crippen LogP contribution < -0.4 is 10.6 Å². The number of anilines is 1. The molecule has 3 nitrogen and oxygen atoms in total. The zero-order chi connectivity index (χ0) is 15.4. The van der Waals surface area contributed by atoms with Crippen molar-refractivity contribution < 1.29 is 0 Å². The molecule has 1 aromatic heterocycles. The van der Waals surface area contributed by atoms with Gasteiger partial charge < -0.3 is 10.6 Å². The van der Waals surface area contributed by atoms with Crippen molar-refractivity contribution in [2.45, 2.75) is 65.8 Å². The fourth-order valence-corrected chi connectivity index (χ4v) is 3.52. The minimum Gasteiger partial charge on any atom is -0.348 e. The quantitative estimate of drug-likeness (QED) is 0.736. The Kier molecular flexibility index (Phi) is 6.06. The number of hydrogen-bond acceptors (Lipinski definition) is 4. The van der Waals surface area contributed by atoms with Crippen molar-refractivity contribution in [2.75, 3.05) is 18.0 Å². The van der Waals surface area contributed by atoms with Gasteiger partial charge in [0, 0.05) is 30.4 Å². The van der Waals surface area contributed by atoms with E-state index in [0.29, 0.717) is 12.5 Å². The molecule has 1 aromatic rings. The summed E-state index contributed by atoms with van der Waals surface area (Å²) in [5, 5.41) is 1.21. The van der Waals surface area contributed by atoms with Crippen LogP contribution in [0.5, 0.6) is 0 Å². The average molecular weight is 310 g/mol. The molecule has 0 aromatic carbocycles. The molecule has 0 amide bonds. The summed E-state index contributed by atoms with van der Waals surface area (Å²) in [6, 6.07) is 0. The lowest BCUT2D eigenvalue weighted by Gasteiger charge is -2.23. The molecule has 1 heterocycles. The summed E-state index contributed by atoms with van der Waals surface area (Å²) in [5.74, 6) is 2.18. The van der Waals surface area contributed by atoms with Gasteiger partial charge in [-0.1, -0.05) is 27.7 Å². The van der Waals surface area contributed by atoms with Crippen molar-refractivity contribution in [3.8, 4) is 0 Å². The molecule has 1 fully saturated rings. The van der Waals surface area contributed by atoms with Gasteiger partial charge in [-0.05, 0) is 37.5 Å². The highest BCUT2D eigenvalue weighted by Crippen LogP contribution is 2.44. The first-order chi connectivity index (χ1) is 10.0. The van der Waals surface area contributed by atoms with Gasteiger partial charge in [0.15, 0.2) is 5.13 Å². The van der Waals surface area contributed by atoms with Gasteiger partial charge in [-0.3, -0.25) is 0 Å². The Balaban J connectivity index is 2.10. The highest BCUT2D eigenvalue weighted by Gasteiger charge is 2.30. The van der Waals surface area contributed by atoms with Crippen molar-refractivity contribution in [2.24, 2.45) is 17.6 Å². The molecule has 0 aliphatic heterocycles. The van der Waals surface area contributed by atoms with E-state index in [2.05, 4.69) is 32.6 Å². The maximum Gasteiger partial charge on any atom is 0.185 e. The van der Waals surface area contributed by atoms with E-state index in [4.69, 9.17) is 10.7 Å². The van der Waals surface area contributed by atoms with Crippen LogP contribution in [-0.4, -0.2) is 18.1 Å². The van der Waals surface area contributed by atoms with Crippen LogP contribution in [0.2, 0.25) is 0 Å². The monoisotopic (exact) mass is 309 g/mol. The number of nitrogens with zero attached hydrogens (tertiary/aromatic N) is 2. The van der Waals surface area contributed by atoms with E-state index >= 15 is 0 Å². The number of nitrogens with two attached hydrogens (primary N) is 1. The molecule has 21 heavy (non-hydrogen) atoms. The fraction of sp³-hybridized carbons (Fsp3) is 0.824. The molecule has 1 saturated carbocycles. The van der Waals surface area contributed by atoms with Gasteiger partial charge >= 0.3 is 0 Å². The first-order valence-electron chi connectivity index (χ1n) is 8.45. The number of rotatable bonds is 9. The summed E-state index contributed by atoms with van der Waals surface area (Å²) in [4.78, 5) is 8.77. The molecule has 120 valence electrons. The Bertz CT molecular complexity index is 423. The normalized spacial score (nSPS) is 15.2. The van der Waals surface area contributed by atoms with E-state index in [-0.39, 0.29) is 0 Å². The van der Waals surface area contributed by atoms with Crippen molar-refractivity contribution in [1.82, 2.24) is 4.98 Å². The van der Waals surface area contributed by atoms with Gasteiger partial charge in [0.2, 0.25) is 0 Å². The predicted molar refractivity (Wildman–Crippen MR) is 93.1 cm³/mol. The lowest BCUT2D eigenvalue weighted by molar-refractivity contribution is 0.534. The van der Waals surface area contributed by atoms with E-state index in [1.807, 2.05) is 11.3 Å². The van der Waals surface area contributed by atoms with Gasteiger partial charge in [-0.15, -0.1) is 11.3 Å². The van der Waals surface area contributed by atoms with Crippen molar-refractivity contribution >= 4 is 16.5 Å². The maximum absolute atomic E-state index is 5.93. The zero-order valence-corrected chi connectivity index (χ0v) is 14.9. The topological polar surface area (TPSA) is 42.2 Å². The summed E-state index contributed by atoms with van der Waals surface area (Å²) in [6.45, 7) is 12.1. The Morgan fingerprint density at radius 3 is 2.14 bits per heavy atom. The average Bonchev–Trinajstić information content (AvgIpc) is 3.18. The molecule has 0 unspecified atom stereocenters. The highest BCUT2D eigenvalue weighted by atomic mass is 32.1. The van der Waals surface area contributed by atoms with E-state index < -0.39 is 0 Å². The van der Waals surface area contributed by atoms with Gasteiger partial charge in [-0.25, -0.2) is 4.98 Å². The van der Waals surface area contributed by atoms with E-state index in [9.17, 15) is 0 Å². The third-order valence-electron chi connectivity index (χ3n) is 4.09. The van der Waals surface area contributed by atoms with Gasteiger partial charge in [0.1, 0.15) is 0 Å². The lowest BCUT2D eigenvalue weighted by atomic mass is 10.1. The van der Waals surface area contributed by atoms with Crippen LogP contribution in [0.3, 0.4) is 0 Å². The first-order valence-corrected chi connectivity index (χ1v) is 9.27.